The number of hydrogen-bond acceptors (Lipinski definition) is 3. The maximum Gasteiger partial charge on any atom is 0.155 e. The number of nitrogens with zero attached hydrogens (tertiary/aromatic N) is 1. The average molecular weight is 708 g/mol. The molecule has 5 aromatic rings. The number of carbonyl (C=O) groups is 1. The molecule has 1 N–H and O–H groups in total. The maximum absolute atomic E-state index is 10.0. The first-order valence-corrected chi connectivity index (χ1v) is 13.1. The van der Waals surface area contributed by atoms with Crippen molar-refractivity contribution in [2.45, 2.75) is 40.0 Å². The van der Waals surface area contributed by atoms with Gasteiger partial charge in [-0.3, -0.25) is 9.78 Å². The topological polar surface area (TPSA) is 50.2 Å². The number of benzene rings is 4. The van der Waals surface area contributed by atoms with Gasteiger partial charge < -0.3 is 5.11 Å². The van der Waals surface area contributed by atoms with E-state index < -0.39 is 0 Å². The fourth-order valence-corrected chi connectivity index (χ4v) is 4.49. The molecule has 206 valence electrons. The molecule has 40 heavy (non-hydrogen) atoms. The second kappa shape index (κ2) is 13.5. The predicted molar refractivity (Wildman–Crippen MR) is 163 cm³/mol. The van der Waals surface area contributed by atoms with Crippen LogP contribution in [0.5, 0.6) is 0 Å². The summed E-state index contributed by atoms with van der Waals surface area (Å²) in [5, 5.41) is 10.8. The van der Waals surface area contributed by atoms with Crippen LogP contribution in [0.4, 0.5) is 0 Å². The van der Waals surface area contributed by atoms with Gasteiger partial charge in [0.05, 0.1) is 5.76 Å². The van der Waals surface area contributed by atoms with E-state index in [0.717, 1.165) is 22.2 Å². The normalized spacial score (nSPS) is 11.3. The summed E-state index contributed by atoms with van der Waals surface area (Å²) in [6, 6.07) is 37.7. The molecule has 0 fully saturated rings. The van der Waals surface area contributed by atoms with E-state index in [2.05, 4.69) is 118 Å². The number of aliphatic hydroxyl groups is 1. The van der Waals surface area contributed by atoms with Gasteiger partial charge in [0.1, 0.15) is 0 Å². The monoisotopic (exact) mass is 707 g/mol. The summed E-state index contributed by atoms with van der Waals surface area (Å²) < 4.78 is 0. The van der Waals surface area contributed by atoms with Crippen molar-refractivity contribution in [3.63, 3.8) is 0 Å². The first-order valence-electron chi connectivity index (χ1n) is 13.1. The Morgan fingerprint density at radius 1 is 0.775 bits per heavy atom. The molecule has 0 spiro atoms. The molecule has 5 rings (SSSR count). The standard InChI is InChI=1S/C31H26N.C5H8O2.Pt/c1-31(2,3)29-20-27(19-25-11-7-8-12-28(25)29)30-18-17-26(21-32-30)24-15-13-23(14-16-24)22-9-5-4-6-10-22;1-4(6)3-5(2)7;/h4-18,20-21H,1-3H3;3,6H,1-2H3;/q-1;;/b;4-3-;. The molecule has 1 heterocycles. The minimum atomic E-state index is -0.125. The van der Waals surface area contributed by atoms with Gasteiger partial charge in [0.2, 0.25) is 0 Å². The molecule has 4 aromatic carbocycles. The zero-order valence-electron chi connectivity index (χ0n) is 23.5. The van der Waals surface area contributed by atoms with E-state index in [9.17, 15) is 4.79 Å². The Hall–Kier alpha value is -3.81. The molecule has 3 nitrogen and oxygen atoms in total. The predicted octanol–water partition coefficient (Wildman–Crippen LogP) is 9.37. The zero-order valence-corrected chi connectivity index (χ0v) is 25.8. The van der Waals surface area contributed by atoms with Gasteiger partial charge in [-0.15, -0.1) is 29.1 Å². The Morgan fingerprint density at radius 3 is 1.85 bits per heavy atom. The fraction of sp³-hybridized carbons (Fsp3) is 0.167. The average Bonchev–Trinajstić information content (AvgIpc) is 2.92. The number of aromatic nitrogens is 1. The van der Waals surface area contributed by atoms with Crippen molar-refractivity contribution in [3.05, 3.63) is 127 Å². The van der Waals surface area contributed by atoms with Crippen LogP contribution in [-0.2, 0) is 31.3 Å². The SMILES string of the molecule is CC(=O)/C=C(/C)O.CC(C)(C)c1cc(-c2ccc(-c3ccc(-c4ccccc4)cc3)cn2)[c-]c2ccccc12.[Pt]. The number of aliphatic hydroxyl groups excluding tert-OH is 1. The summed E-state index contributed by atoms with van der Waals surface area (Å²) in [6.07, 6.45) is 3.13. The van der Waals surface area contributed by atoms with Gasteiger partial charge in [-0.25, -0.2) is 0 Å². The van der Waals surface area contributed by atoms with E-state index in [1.165, 1.54) is 47.6 Å². The Morgan fingerprint density at radius 2 is 1.32 bits per heavy atom. The molecule has 0 aliphatic heterocycles. The minimum Gasteiger partial charge on any atom is -0.512 e. The smallest absolute Gasteiger partial charge is 0.155 e. The molecule has 0 amide bonds. The number of hydrogen-bond donors (Lipinski definition) is 1. The van der Waals surface area contributed by atoms with Gasteiger partial charge >= 0.3 is 0 Å². The summed E-state index contributed by atoms with van der Waals surface area (Å²) >= 11 is 0. The Balaban J connectivity index is 0.000000492. The van der Waals surface area contributed by atoms with Crippen molar-refractivity contribution < 1.29 is 31.0 Å². The summed E-state index contributed by atoms with van der Waals surface area (Å²) in [6.45, 7) is 9.62. The van der Waals surface area contributed by atoms with Gasteiger partial charge in [-0.2, -0.15) is 0 Å². The van der Waals surface area contributed by atoms with Crippen molar-refractivity contribution in [2.24, 2.45) is 0 Å². The van der Waals surface area contributed by atoms with Crippen molar-refractivity contribution in [3.8, 4) is 33.5 Å². The molecule has 0 unspecified atom stereocenters. The Kier molecular flexibility index (Phi) is 10.4. The number of carbonyl (C=O) groups excluding carboxylic acids is 1. The molecule has 0 atom stereocenters. The number of pyridine rings is 1. The molecular formula is C36H34NO2Pt-. The summed E-state index contributed by atoms with van der Waals surface area (Å²) in [5.41, 5.74) is 8.10. The van der Waals surface area contributed by atoms with Crippen molar-refractivity contribution in [1.29, 1.82) is 0 Å². The third-order valence-corrected chi connectivity index (χ3v) is 6.36. The second-order valence-electron chi connectivity index (χ2n) is 10.7. The molecule has 0 aliphatic rings. The van der Waals surface area contributed by atoms with Gasteiger partial charge in [-0.1, -0.05) is 117 Å². The molecule has 1 aromatic heterocycles. The van der Waals surface area contributed by atoms with Crippen LogP contribution in [-0.4, -0.2) is 15.9 Å². The second-order valence-corrected chi connectivity index (χ2v) is 10.7. The van der Waals surface area contributed by atoms with Crippen LogP contribution in [0.1, 0.15) is 40.2 Å². The number of fused-ring (bicyclic) bond motifs is 1. The molecule has 0 radical (unpaired) electrons. The van der Waals surface area contributed by atoms with Crippen molar-refractivity contribution >= 4 is 16.6 Å². The van der Waals surface area contributed by atoms with E-state index in [-0.39, 0.29) is 38.0 Å². The molecule has 0 saturated heterocycles. The summed E-state index contributed by atoms with van der Waals surface area (Å²) in [7, 11) is 0. The van der Waals surface area contributed by atoms with Crippen LogP contribution in [0.25, 0.3) is 44.3 Å². The number of rotatable bonds is 4. The molecule has 0 saturated carbocycles. The first kappa shape index (κ1) is 30.7. The van der Waals surface area contributed by atoms with Crippen LogP contribution in [0.2, 0.25) is 0 Å². The van der Waals surface area contributed by atoms with E-state index in [4.69, 9.17) is 10.1 Å². The van der Waals surface area contributed by atoms with Crippen LogP contribution >= 0.6 is 0 Å². The molecule has 0 aliphatic carbocycles. The number of allylic oxidation sites excluding steroid dienone is 2. The van der Waals surface area contributed by atoms with Gasteiger partial charge in [-0.05, 0) is 41.5 Å². The van der Waals surface area contributed by atoms with E-state index in [1.54, 1.807) is 0 Å². The third-order valence-electron chi connectivity index (χ3n) is 6.36. The summed E-state index contributed by atoms with van der Waals surface area (Å²) in [5.74, 6) is -0.0625. The van der Waals surface area contributed by atoms with Gasteiger partial charge in [0.25, 0.3) is 0 Å². The van der Waals surface area contributed by atoms with Crippen LogP contribution < -0.4 is 0 Å². The quantitative estimate of drug-likeness (QED) is 0.115. The number of ketones is 1. The Labute approximate surface area is 251 Å². The maximum atomic E-state index is 10.0. The van der Waals surface area contributed by atoms with E-state index >= 15 is 0 Å². The fourth-order valence-electron chi connectivity index (χ4n) is 4.49. The van der Waals surface area contributed by atoms with Crippen LogP contribution in [0.3, 0.4) is 0 Å². The largest absolute Gasteiger partial charge is 0.512 e. The Bertz CT molecular complexity index is 1590. The van der Waals surface area contributed by atoms with Crippen LogP contribution in [0, 0.1) is 6.07 Å². The van der Waals surface area contributed by atoms with Crippen LogP contribution in [0.15, 0.2) is 115 Å². The summed E-state index contributed by atoms with van der Waals surface area (Å²) in [4.78, 5) is 14.8. The van der Waals surface area contributed by atoms with E-state index in [0.29, 0.717) is 0 Å². The molecular weight excluding hydrogens is 673 g/mol. The van der Waals surface area contributed by atoms with Gasteiger partial charge in [0, 0.05) is 39.0 Å². The molecule has 0 bridgehead atoms. The van der Waals surface area contributed by atoms with E-state index in [1.807, 2.05) is 12.3 Å². The van der Waals surface area contributed by atoms with Gasteiger partial charge in [0.15, 0.2) is 5.78 Å². The van der Waals surface area contributed by atoms with Crippen molar-refractivity contribution in [1.82, 2.24) is 4.98 Å². The first-order chi connectivity index (χ1) is 18.6. The minimum absolute atomic E-state index is 0. The molecule has 4 heteroatoms. The third kappa shape index (κ3) is 7.87. The van der Waals surface area contributed by atoms with Crippen molar-refractivity contribution in [2.75, 3.05) is 0 Å². The zero-order chi connectivity index (χ0) is 28.0.